The van der Waals surface area contributed by atoms with Gasteiger partial charge >= 0.3 is 5.97 Å². The molecule has 0 fully saturated rings. The molecule has 112 valence electrons. The number of aromatic nitrogens is 4. The smallest absolute Gasteiger partial charge is 0.325 e. The lowest BCUT2D eigenvalue weighted by atomic mass is 10.3. The molecule has 21 heavy (non-hydrogen) atoms. The second-order valence-corrected chi connectivity index (χ2v) is 5.24. The zero-order valence-corrected chi connectivity index (χ0v) is 12.7. The molecule has 0 aromatic carbocycles. The van der Waals surface area contributed by atoms with E-state index in [1.165, 1.54) is 16.9 Å². The Kier molecular flexibility index (Phi) is 5.09. The minimum atomic E-state index is -1.00. The third kappa shape index (κ3) is 4.71. The van der Waals surface area contributed by atoms with Crippen LogP contribution in [0.25, 0.3) is 0 Å². The Labute approximate surface area is 128 Å². The zero-order valence-electron chi connectivity index (χ0n) is 11.1. The van der Waals surface area contributed by atoms with Gasteiger partial charge in [-0.3, -0.25) is 19.0 Å². The summed E-state index contributed by atoms with van der Waals surface area (Å²) in [7, 11) is 0. The van der Waals surface area contributed by atoms with Crippen LogP contribution in [0, 0.1) is 0 Å². The molecule has 2 heterocycles. The Balaban J connectivity index is 1.74. The highest BCUT2D eigenvalue weighted by atomic mass is 79.9. The number of carboxylic acid groups (broad SMARTS) is 1. The van der Waals surface area contributed by atoms with E-state index in [0.29, 0.717) is 13.1 Å². The number of nitrogens with zero attached hydrogens (tertiary/aromatic N) is 4. The molecule has 2 aromatic rings. The van der Waals surface area contributed by atoms with E-state index in [1.54, 1.807) is 10.9 Å². The summed E-state index contributed by atoms with van der Waals surface area (Å²) in [5, 5.41) is 19.4. The van der Waals surface area contributed by atoms with E-state index in [9.17, 15) is 9.59 Å². The van der Waals surface area contributed by atoms with E-state index in [4.69, 9.17) is 5.11 Å². The van der Waals surface area contributed by atoms with Crippen molar-refractivity contribution in [1.82, 2.24) is 24.9 Å². The van der Waals surface area contributed by atoms with Gasteiger partial charge in [0.15, 0.2) is 0 Å². The number of carbonyl (C=O) groups is 2. The van der Waals surface area contributed by atoms with Crippen molar-refractivity contribution in [2.24, 2.45) is 0 Å². The van der Waals surface area contributed by atoms with E-state index in [0.717, 1.165) is 10.9 Å². The normalized spacial score (nSPS) is 10.5. The average molecular weight is 356 g/mol. The van der Waals surface area contributed by atoms with E-state index in [1.807, 2.05) is 6.20 Å². The van der Waals surface area contributed by atoms with Crippen LogP contribution in [0.5, 0.6) is 0 Å². The van der Waals surface area contributed by atoms with Gasteiger partial charge in [0.25, 0.3) is 5.91 Å². The quantitative estimate of drug-likeness (QED) is 0.713. The van der Waals surface area contributed by atoms with Gasteiger partial charge < -0.3 is 10.4 Å². The van der Waals surface area contributed by atoms with Crippen molar-refractivity contribution in [3.8, 4) is 0 Å². The highest BCUT2D eigenvalue weighted by molar-refractivity contribution is 9.10. The summed E-state index contributed by atoms with van der Waals surface area (Å²) in [5.41, 5.74) is 0.207. The third-order valence-corrected chi connectivity index (χ3v) is 3.03. The first-order valence-electron chi connectivity index (χ1n) is 6.26. The van der Waals surface area contributed by atoms with Crippen LogP contribution < -0.4 is 5.32 Å². The maximum Gasteiger partial charge on any atom is 0.325 e. The molecule has 2 aromatic heterocycles. The van der Waals surface area contributed by atoms with Crippen LogP contribution in [0.1, 0.15) is 16.9 Å². The van der Waals surface area contributed by atoms with Crippen LogP contribution in [0.2, 0.25) is 0 Å². The molecule has 0 aliphatic carbocycles. The molecule has 0 aliphatic heterocycles. The van der Waals surface area contributed by atoms with Crippen molar-refractivity contribution in [3.05, 3.63) is 34.8 Å². The van der Waals surface area contributed by atoms with Crippen molar-refractivity contribution in [3.63, 3.8) is 0 Å². The van der Waals surface area contributed by atoms with Crippen molar-refractivity contribution < 1.29 is 14.7 Å². The molecule has 0 radical (unpaired) electrons. The van der Waals surface area contributed by atoms with Crippen LogP contribution in [0.3, 0.4) is 0 Å². The number of aryl methyl sites for hydroxylation is 1. The first kappa shape index (κ1) is 15.2. The Hall–Kier alpha value is -2.16. The van der Waals surface area contributed by atoms with Gasteiger partial charge in [-0.1, -0.05) is 0 Å². The fourth-order valence-electron chi connectivity index (χ4n) is 1.70. The molecule has 2 N–H and O–H groups in total. The average Bonchev–Trinajstić information content (AvgIpc) is 3.03. The number of amides is 1. The van der Waals surface area contributed by atoms with Gasteiger partial charge in [0.2, 0.25) is 0 Å². The predicted molar refractivity (Wildman–Crippen MR) is 76.7 cm³/mol. The first-order valence-corrected chi connectivity index (χ1v) is 7.05. The predicted octanol–water partition coefficient (Wildman–Crippen LogP) is 0.747. The monoisotopic (exact) mass is 355 g/mol. The van der Waals surface area contributed by atoms with Crippen molar-refractivity contribution in [2.75, 3.05) is 6.54 Å². The van der Waals surface area contributed by atoms with Crippen molar-refractivity contribution in [1.29, 1.82) is 0 Å². The SMILES string of the molecule is O=C(O)Cn1ccc(C(=O)NCCCn2cc(Br)cn2)n1. The summed E-state index contributed by atoms with van der Waals surface area (Å²) >= 11 is 3.31. The van der Waals surface area contributed by atoms with E-state index in [-0.39, 0.29) is 18.1 Å². The maximum absolute atomic E-state index is 11.8. The number of halogens is 1. The summed E-state index contributed by atoms with van der Waals surface area (Å²) in [6, 6.07) is 1.49. The minimum Gasteiger partial charge on any atom is -0.480 e. The molecule has 2 rings (SSSR count). The van der Waals surface area contributed by atoms with Crippen molar-refractivity contribution in [2.45, 2.75) is 19.5 Å². The number of rotatable bonds is 7. The van der Waals surface area contributed by atoms with Crippen LogP contribution in [0.4, 0.5) is 0 Å². The Bertz CT molecular complexity index is 636. The molecular formula is C12H14BrN5O3. The zero-order chi connectivity index (χ0) is 15.2. The molecule has 0 bridgehead atoms. The largest absolute Gasteiger partial charge is 0.480 e. The molecule has 0 saturated carbocycles. The lowest BCUT2D eigenvalue weighted by molar-refractivity contribution is -0.137. The van der Waals surface area contributed by atoms with Crippen LogP contribution >= 0.6 is 15.9 Å². The van der Waals surface area contributed by atoms with Gasteiger partial charge in [-0.05, 0) is 28.4 Å². The van der Waals surface area contributed by atoms with Crippen LogP contribution in [0.15, 0.2) is 29.1 Å². The lowest BCUT2D eigenvalue weighted by Gasteiger charge is -2.03. The highest BCUT2D eigenvalue weighted by Gasteiger charge is 2.10. The molecule has 0 spiro atoms. The minimum absolute atomic E-state index is 0.207. The lowest BCUT2D eigenvalue weighted by Crippen LogP contribution is -2.26. The summed E-state index contributed by atoms with van der Waals surface area (Å²) < 4.78 is 3.89. The summed E-state index contributed by atoms with van der Waals surface area (Å²) in [6.45, 7) is 0.920. The van der Waals surface area contributed by atoms with Gasteiger partial charge in [-0.2, -0.15) is 10.2 Å². The molecule has 0 atom stereocenters. The van der Waals surface area contributed by atoms with Gasteiger partial charge in [0.1, 0.15) is 12.2 Å². The van der Waals surface area contributed by atoms with Gasteiger partial charge in [-0.15, -0.1) is 0 Å². The molecular weight excluding hydrogens is 342 g/mol. The van der Waals surface area contributed by atoms with Gasteiger partial charge in [0.05, 0.1) is 10.7 Å². The maximum atomic E-state index is 11.8. The number of hydrogen-bond donors (Lipinski definition) is 2. The molecule has 1 amide bonds. The second-order valence-electron chi connectivity index (χ2n) is 4.32. The standard InChI is InChI=1S/C12H14BrN5O3/c13-9-6-15-17(7-9)4-1-3-14-12(21)10-2-5-18(16-10)8-11(19)20/h2,5-7H,1,3-4,8H2,(H,14,21)(H,19,20). The Morgan fingerprint density at radius 3 is 2.86 bits per heavy atom. The topological polar surface area (TPSA) is 102 Å². The molecule has 8 nitrogen and oxygen atoms in total. The Morgan fingerprint density at radius 1 is 1.38 bits per heavy atom. The number of carboxylic acids is 1. The number of nitrogens with one attached hydrogen (secondary N) is 1. The summed E-state index contributed by atoms with van der Waals surface area (Å²) in [5.74, 6) is -1.32. The van der Waals surface area contributed by atoms with Crippen molar-refractivity contribution >= 4 is 27.8 Å². The number of aliphatic carboxylic acids is 1. The number of carbonyl (C=O) groups excluding carboxylic acids is 1. The number of hydrogen-bond acceptors (Lipinski definition) is 4. The molecule has 9 heteroatoms. The highest BCUT2D eigenvalue weighted by Crippen LogP contribution is 2.06. The van der Waals surface area contributed by atoms with Gasteiger partial charge in [0, 0.05) is 25.5 Å². The second kappa shape index (κ2) is 7.02. The van der Waals surface area contributed by atoms with Gasteiger partial charge in [-0.25, -0.2) is 0 Å². The Morgan fingerprint density at radius 2 is 2.19 bits per heavy atom. The van der Waals surface area contributed by atoms with E-state index < -0.39 is 5.97 Å². The van der Waals surface area contributed by atoms with Crippen LogP contribution in [-0.4, -0.2) is 43.1 Å². The molecule has 0 aliphatic rings. The fraction of sp³-hybridized carbons (Fsp3) is 0.333. The summed E-state index contributed by atoms with van der Waals surface area (Å²) in [6.07, 6.45) is 5.75. The summed E-state index contributed by atoms with van der Waals surface area (Å²) in [4.78, 5) is 22.3. The van der Waals surface area contributed by atoms with E-state index >= 15 is 0 Å². The fourth-order valence-corrected chi connectivity index (χ4v) is 2.03. The van der Waals surface area contributed by atoms with E-state index in [2.05, 4.69) is 31.4 Å². The molecule has 0 saturated heterocycles. The molecule has 0 unspecified atom stereocenters. The van der Waals surface area contributed by atoms with Crippen LogP contribution in [-0.2, 0) is 17.9 Å². The third-order valence-electron chi connectivity index (χ3n) is 2.62. The first-order chi connectivity index (χ1) is 10.0.